The summed E-state index contributed by atoms with van der Waals surface area (Å²) in [7, 11) is 0. The van der Waals surface area contributed by atoms with Gasteiger partial charge in [0.2, 0.25) is 0 Å². The molecule has 0 radical (unpaired) electrons. The van der Waals surface area contributed by atoms with Gasteiger partial charge in [-0.1, -0.05) is 50.3 Å². The summed E-state index contributed by atoms with van der Waals surface area (Å²) in [5, 5.41) is 0. The molecule has 0 aliphatic heterocycles. The zero-order chi connectivity index (χ0) is 11.3. The van der Waals surface area contributed by atoms with Gasteiger partial charge in [0.25, 0.3) is 0 Å². The van der Waals surface area contributed by atoms with Crippen molar-refractivity contribution in [2.24, 2.45) is 11.8 Å². The van der Waals surface area contributed by atoms with Gasteiger partial charge in [-0.25, -0.2) is 0 Å². The van der Waals surface area contributed by atoms with Crippen LogP contribution >= 0.6 is 0 Å². The fraction of sp³-hybridized carbons (Fsp3) is 0.357. The molecular weight excluding hydrogens is 184 g/mol. The summed E-state index contributed by atoms with van der Waals surface area (Å²) in [4.78, 5) is 11.8. The van der Waals surface area contributed by atoms with Gasteiger partial charge in [0, 0.05) is 11.8 Å². The fourth-order valence-electron chi connectivity index (χ4n) is 1.60. The Kier molecular flexibility index (Phi) is 4.29. The highest BCUT2D eigenvalue weighted by molar-refractivity contribution is 5.84. The average molecular weight is 202 g/mol. The lowest BCUT2D eigenvalue weighted by molar-refractivity contribution is -0.124. The number of carbonyl (C=O) groups is 1. The lowest BCUT2D eigenvalue weighted by Crippen LogP contribution is -2.19. The van der Waals surface area contributed by atoms with Crippen LogP contribution in [0.25, 0.3) is 0 Å². The van der Waals surface area contributed by atoms with Crippen LogP contribution in [0.1, 0.15) is 19.4 Å². The molecule has 0 spiro atoms. The van der Waals surface area contributed by atoms with E-state index in [0.29, 0.717) is 0 Å². The van der Waals surface area contributed by atoms with Crippen molar-refractivity contribution in [2.75, 3.05) is 0 Å². The normalized spacial score (nSPS) is 12.5. The summed E-state index contributed by atoms with van der Waals surface area (Å²) >= 11 is 0. The summed E-state index contributed by atoms with van der Waals surface area (Å²) < 4.78 is 0. The molecule has 0 N–H and O–H groups in total. The summed E-state index contributed by atoms with van der Waals surface area (Å²) in [5.74, 6) is 0.304. The number of rotatable bonds is 5. The van der Waals surface area contributed by atoms with Gasteiger partial charge >= 0.3 is 0 Å². The number of allylic oxidation sites excluding steroid dienone is 1. The molecule has 1 atom stereocenters. The molecule has 1 rings (SSSR count). The zero-order valence-corrected chi connectivity index (χ0v) is 9.44. The van der Waals surface area contributed by atoms with E-state index in [-0.39, 0.29) is 17.6 Å². The predicted octanol–water partition coefficient (Wildman–Crippen LogP) is 3.26. The molecule has 0 fully saturated rings. The number of ketones is 1. The van der Waals surface area contributed by atoms with Crippen LogP contribution in [0.3, 0.4) is 0 Å². The van der Waals surface area contributed by atoms with E-state index in [1.165, 1.54) is 5.56 Å². The Labute approximate surface area is 91.8 Å². The summed E-state index contributed by atoms with van der Waals surface area (Å²) in [6, 6.07) is 10.1. The molecule has 80 valence electrons. The summed E-state index contributed by atoms with van der Waals surface area (Å²) in [6.07, 6.45) is 2.52. The van der Waals surface area contributed by atoms with Gasteiger partial charge in [0.15, 0.2) is 0 Å². The molecule has 1 aromatic rings. The van der Waals surface area contributed by atoms with Crippen LogP contribution in [0.5, 0.6) is 0 Å². The SMILES string of the molecule is C=C[C@@H](Cc1ccccc1)C(=O)C(C)C. The molecular formula is C14H18O. The van der Waals surface area contributed by atoms with E-state index in [2.05, 4.69) is 6.58 Å². The van der Waals surface area contributed by atoms with Crippen LogP contribution < -0.4 is 0 Å². The Morgan fingerprint density at radius 3 is 2.40 bits per heavy atom. The van der Waals surface area contributed by atoms with E-state index < -0.39 is 0 Å². The van der Waals surface area contributed by atoms with Crippen molar-refractivity contribution in [3.05, 3.63) is 48.6 Å². The van der Waals surface area contributed by atoms with Crippen LogP contribution in [0.2, 0.25) is 0 Å². The third kappa shape index (κ3) is 3.35. The van der Waals surface area contributed by atoms with Crippen molar-refractivity contribution in [1.29, 1.82) is 0 Å². The largest absolute Gasteiger partial charge is 0.299 e. The van der Waals surface area contributed by atoms with Crippen LogP contribution in [-0.2, 0) is 11.2 Å². The first-order valence-electron chi connectivity index (χ1n) is 5.35. The molecule has 0 aromatic heterocycles. The Balaban J connectivity index is 2.70. The predicted molar refractivity (Wildman–Crippen MR) is 63.7 cm³/mol. The monoisotopic (exact) mass is 202 g/mol. The zero-order valence-electron chi connectivity index (χ0n) is 9.44. The molecule has 1 nitrogen and oxygen atoms in total. The second-order valence-corrected chi connectivity index (χ2v) is 4.09. The van der Waals surface area contributed by atoms with E-state index >= 15 is 0 Å². The van der Waals surface area contributed by atoms with Crippen molar-refractivity contribution in [2.45, 2.75) is 20.3 Å². The van der Waals surface area contributed by atoms with Gasteiger partial charge in [-0.05, 0) is 12.0 Å². The fourth-order valence-corrected chi connectivity index (χ4v) is 1.60. The summed E-state index contributed by atoms with van der Waals surface area (Å²) in [6.45, 7) is 7.61. The molecule has 0 aliphatic rings. The van der Waals surface area contributed by atoms with Crippen LogP contribution in [-0.4, -0.2) is 5.78 Å². The first-order valence-corrected chi connectivity index (χ1v) is 5.35. The van der Waals surface area contributed by atoms with Crippen LogP contribution in [0.4, 0.5) is 0 Å². The van der Waals surface area contributed by atoms with Gasteiger partial charge in [-0.15, -0.1) is 6.58 Å². The quantitative estimate of drug-likeness (QED) is 0.670. The molecule has 1 aromatic carbocycles. The Morgan fingerprint density at radius 1 is 1.33 bits per heavy atom. The average Bonchev–Trinajstić information content (AvgIpc) is 2.26. The summed E-state index contributed by atoms with van der Waals surface area (Å²) in [5.41, 5.74) is 1.19. The number of carbonyl (C=O) groups excluding carboxylic acids is 1. The molecule has 1 heteroatoms. The third-order valence-electron chi connectivity index (χ3n) is 2.52. The molecule has 0 amide bonds. The Bertz CT molecular complexity index is 324. The lowest BCUT2D eigenvalue weighted by atomic mass is 9.90. The van der Waals surface area contributed by atoms with E-state index in [1.807, 2.05) is 44.2 Å². The van der Waals surface area contributed by atoms with E-state index in [1.54, 1.807) is 6.08 Å². The van der Waals surface area contributed by atoms with E-state index in [9.17, 15) is 4.79 Å². The smallest absolute Gasteiger partial charge is 0.142 e. The molecule has 15 heavy (non-hydrogen) atoms. The van der Waals surface area contributed by atoms with Crippen molar-refractivity contribution < 1.29 is 4.79 Å². The van der Waals surface area contributed by atoms with Gasteiger partial charge in [0.05, 0.1) is 0 Å². The van der Waals surface area contributed by atoms with Crippen molar-refractivity contribution in [3.63, 3.8) is 0 Å². The van der Waals surface area contributed by atoms with Crippen LogP contribution in [0, 0.1) is 11.8 Å². The number of hydrogen-bond donors (Lipinski definition) is 0. The lowest BCUT2D eigenvalue weighted by Gasteiger charge is -2.13. The second-order valence-electron chi connectivity index (χ2n) is 4.09. The van der Waals surface area contributed by atoms with E-state index in [4.69, 9.17) is 0 Å². The van der Waals surface area contributed by atoms with Gasteiger partial charge < -0.3 is 0 Å². The highest BCUT2D eigenvalue weighted by Crippen LogP contribution is 2.14. The molecule has 0 unspecified atom stereocenters. The molecule has 0 aliphatic carbocycles. The first-order chi connectivity index (χ1) is 7.15. The maximum atomic E-state index is 11.8. The number of benzene rings is 1. The van der Waals surface area contributed by atoms with Crippen molar-refractivity contribution in [1.82, 2.24) is 0 Å². The van der Waals surface area contributed by atoms with Gasteiger partial charge in [-0.2, -0.15) is 0 Å². The molecule has 0 saturated heterocycles. The van der Waals surface area contributed by atoms with Gasteiger partial charge in [0.1, 0.15) is 5.78 Å². The van der Waals surface area contributed by atoms with Crippen LogP contribution in [0.15, 0.2) is 43.0 Å². The maximum Gasteiger partial charge on any atom is 0.142 e. The maximum absolute atomic E-state index is 11.8. The number of hydrogen-bond acceptors (Lipinski definition) is 1. The third-order valence-corrected chi connectivity index (χ3v) is 2.52. The molecule has 0 saturated carbocycles. The van der Waals surface area contributed by atoms with E-state index in [0.717, 1.165) is 6.42 Å². The van der Waals surface area contributed by atoms with Crippen molar-refractivity contribution >= 4 is 5.78 Å². The first kappa shape index (κ1) is 11.7. The van der Waals surface area contributed by atoms with Crippen molar-refractivity contribution in [3.8, 4) is 0 Å². The molecule has 0 heterocycles. The standard InChI is InChI=1S/C14H18O/c1-4-13(14(15)11(2)3)10-12-8-6-5-7-9-12/h4-9,11,13H,1,10H2,2-3H3/t13-/m0/s1. The van der Waals surface area contributed by atoms with Gasteiger partial charge in [-0.3, -0.25) is 4.79 Å². The minimum atomic E-state index is -0.0487. The Morgan fingerprint density at radius 2 is 1.93 bits per heavy atom. The second kappa shape index (κ2) is 5.50. The molecule has 0 bridgehead atoms. The Hall–Kier alpha value is -1.37. The highest BCUT2D eigenvalue weighted by atomic mass is 16.1. The minimum Gasteiger partial charge on any atom is -0.299 e. The minimum absolute atomic E-state index is 0.0487. The number of Topliss-reactive ketones (excluding diaryl/α,β-unsaturated/α-hetero) is 1. The topological polar surface area (TPSA) is 17.1 Å². The highest BCUT2D eigenvalue weighted by Gasteiger charge is 2.17.